The highest BCUT2D eigenvalue weighted by atomic mass is 13.9. The summed E-state index contributed by atoms with van der Waals surface area (Å²) in [4.78, 5) is 0. The zero-order chi connectivity index (χ0) is 11.4. The highest BCUT2D eigenvalue weighted by Gasteiger charge is 2.06. The van der Waals surface area contributed by atoms with Crippen LogP contribution in [-0.2, 0) is 0 Å². The molecule has 0 unspecified atom stereocenters. The standard InChI is InChI=1S/C14H29B/c1-4-7-8-9-10-11-12-13-14-15(5-2)6-3/h4,7H,5-6,8-14H2,1-3H3. The normalized spacial score (nSPS) is 11.1. The van der Waals surface area contributed by atoms with Gasteiger partial charge in [-0.2, -0.15) is 0 Å². The van der Waals surface area contributed by atoms with Crippen molar-refractivity contribution < 1.29 is 0 Å². The van der Waals surface area contributed by atoms with E-state index in [4.69, 9.17) is 0 Å². The predicted molar refractivity (Wildman–Crippen MR) is 74.0 cm³/mol. The maximum absolute atomic E-state index is 2.32. The van der Waals surface area contributed by atoms with Crippen molar-refractivity contribution in [1.29, 1.82) is 0 Å². The van der Waals surface area contributed by atoms with Gasteiger partial charge in [0.1, 0.15) is 6.71 Å². The topological polar surface area (TPSA) is 0 Å². The Morgan fingerprint density at radius 1 is 0.867 bits per heavy atom. The lowest BCUT2D eigenvalue weighted by Gasteiger charge is -2.07. The van der Waals surface area contributed by atoms with E-state index in [2.05, 4.69) is 32.9 Å². The lowest BCUT2D eigenvalue weighted by Crippen LogP contribution is -2.07. The van der Waals surface area contributed by atoms with E-state index >= 15 is 0 Å². The molecule has 0 amide bonds. The van der Waals surface area contributed by atoms with Crippen LogP contribution in [0.3, 0.4) is 0 Å². The monoisotopic (exact) mass is 208 g/mol. The molecule has 15 heavy (non-hydrogen) atoms. The molecule has 0 aliphatic rings. The Morgan fingerprint density at radius 3 is 2.07 bits per heavy atom. The minimum atomic E-state index is 0.994. The van der Waals surface area contributed by atoms with E-state index in [9.17, 15) is 0 Å². The molecule has 1 heteroatoms. The molecule has 0 heterocycles. The van der Waals surface area contributed by atoms with Gasteiger partial charge >= 0.3 is 0 Å². The summed E-state index contributed by atoms with van der Waals surface area (Å²) >= 11 is 0. The fraction of sp³-hybridized carbons (Fsp3) is 0.857. The fourth-order valence-electron chi connectivity index (χ4n) is 2.09. The molecular formula is C14H29B. The van der Waals surface area contributed by atoms with Crippen LogP contribution < -0.4 is 0 Å². The second-order valence-corrected chi connectivity index (χ2v) is 4.60. The Morgan fingerprint density at radius 2 is 1.47 bits per heavy atom. The summed E-state index contributed by atoms with van der Waals surface area (Å²) in [7, 11) is 0. The SMILES string of the molecule is CC=CCCCCCCCB(CC)CC. The van der Waals surface area contributed by atoms with Gasteiger partial charge in [0.25, 0.3) is 0 Å². The van der Waals surface area contributed by atoms with Gasteiger partial charge in [0.05, 0.1) is 0 Å². The highest BCUT2D eigenvalue weighted by Crippen LogP contribution is 2.13. The van der Waals surface area contributed by atoms with Gasteiger partial charge in [-0.05, 0) is 19.8 Å². The second-order valence-electron chi connectivity index (χ2n) is 4.60. The molecule has 88 valence electrons. The van der Waals surface area contributed by atoms with Gasteiger partial charge in [-0.25, -0.2) is 0 Å². The number of hydrogen-bond donors (Lipinski definition) is 0. The molecular weight excluding hydrogens is 179 g/mol. The van der Waals surface area contributed by atoms with E-state index in [0.29, 0.717) is 0 Å². The number of unbranched alkanes of at least 4 members (excludes halogenated alkanes) is 5. The molecule has 0 aliphatic heterocycles. The molecule has 0 atom stereocenters. The van der Waals surface area contributed by atoms with Gasteiger partial charge in [-0.1, -0.05) is 70.6 Å². The van der Waals surface area contributed by atoms with Crippen molar-refractivity contribution in [1.82, 2.24) is 0 Å². The molecule has 0 aromatic carbocycles. The Labute approximate surface area is 97.6 Å². The van der Waals surface area contributed by atoms with Gasteiger partial charge in [0, 0.05) is 0 Å². The van der Waals surface area contributed by atoms with Crippen LogP contribution in [0.15, 0.2) is 12.2 Å². The predicted octanol–water partition coefficient (Wildman–Crippen LogP) is 5.44. The maximum atomic E-state index is 2.32. The van der Waals surface area contributed by atoms with Crippen LogP contribution in [-0.4, -0.2) is 6.71 Å². The first-order valence-electron chi connectivity index (χ1n) is 6.96. The summed E-state index contributed by atoms with van der Waals surface area (Å²) in [5.74, 6) is 0. The van der Waals surface area contributed by atoms with Crippen molar-refractivity contribution in [3.63, 3.8) is 0 Å². The first-order valence-corrected chi connectivity index (χ1v) is 6.96. The van der Waals surface area contributed by atoms with Crippen molar-refractivity contribution in [2.45, 2.75) is 78.3 Å². The van der Waals surface area contributed by atoms with Crippen LogP contribution in [0.2, 0.25) is 19.0 Å². The second kappa shape index (κ2) is 11.9. The van der Waals surface area contributed by atoms with Gasteiger partial charge in [0.15, 0.2) is 0 Å². The van der Waals surface area contributed by atoms with Crippen molar-refractivity contribution in [3.05, 3.63) is 12.2 Å². The Hall–Kier alpha value is -0.195. The van der Waals surface area contributed by atoms with Crippen LogP contribution in [0.5, 0.6) is 0 Å². The van der Waals surface area contributed by atoms with Gasteiger partial charge in [-0.3, -0.25) is 0 Å². The van der Waals surface area contributed by atoms with Crippen LogP contribution in [0.25, 0.3) is 0 Å². The molecule has 0 aromatic heterocycles. The fourth-order valence-corrected chi connectivity index (χ4v) is 2.09. The van der Waals surface area contributed by atoms with E-state index in [1.807, 2.05) is 0 Å². The van der Waals surface area contributed by atoms with Crippen LogP contribution in [0.1, 0.15) is 59.3 Å². The minimum Gasteiger partial charge on any atom is -0.0917 e. The largest absolute Gasteiger partial charge is 0.139 e. The molecule has 0 spiro atoms. The minimum absolute atomic E-state index is 0.994. The lowest BCUT2D eigenvalue weighted by molar-refractivity contribution is 0.635. The van der Waals surface area contributed by atoms with E-state index in [-0.39, 0.29) is 0 Å². The Bertz CT molecular complexity index is 136. The van der Waals surface area contributed by atoms with Crippen LogP contribution in [0.4, 0.5) is 0 Å². The average Bonchev–Trinajstić information content (AvgIpc) is 2.27. The summed E-state index contributed by atoms with van der Waals surface area (Å²) in [5, 5.41) is 0. The summed E-state index contributed by atoms with van der Waals surface area (Å²) in [5.41, 5.74) is 0. The zero-order valence-corrected chi connectivity index (χ0v) is 11.1. The molecule has 0 saturated carbocycles. The summed E-state index contributed by atoms with van der Waals surface area (Å²) < 4.78 is 0. The number of hydrogen-bond acceptors (Lipinski definition) is 0. The molecule has 0 fully saturated rings. The highest BCUT2D eigenvalue weighted by molar-refractivity contribution is 6.58. The molecule has 0 aromatic rings. The van der Waals surface area contributed by atoms with Crippen LogP contribution >= 0.6 is 0 Å². The molecule has 0 radical (unpaired) electrons. The summed E-state index contributed by atoms with van der Waals surface area (Å²) in [6, 6.07) is 0. The third-order valence-corrected chi connectivity index (χ3v) is 3.37. The molecule has 0 N–H and O–H groups in total. The first-order chi connectivity index (χ1) is 7.35. The first kappa shape index (κ1) is 14.8. The Kier molecular flexibility index (Phi) is 11.7. The molecule has 0 nitrogen and oxygen atoms in total. The van der Waals surface area contributed by atoms with Crippen molar-refractivity contribution >= 4 is 6.71 Å². The van der Waals surface area contributed by atoms with E-state index in [1.54, 1.807) is 0 Å². The van der Waals surface area contributed by atoms with E-state index in [0.717, 1.165) is 6.71 Å². The third kappa shape index (κ3) is 10.1. The van der Waals surface area contributed by atoms with Crippen molar-refractivity contribution in [3.8, 4) is 0 Å². The molecule has 0 rings (SSSR count). The zero-order valence-electron chi connectivity index (χ0n) is 11.1. The third-order valence-electron chi connectivity index (χ3n) is 3.37. The summed E-state index contributed by atoms with van der Waals surface area (Å²) in [6.45, 7) is 7.75. The number of rotatable bonds is 10. The van der Waals surface area contributed by atoms with Gasteiger partial charge in [0.2, 0.25) is 0 Å². The van der Waals surface area contributed by atoms with E-state index in [1.165, 1.54) is 57.5 Å². The smallest absolute Gasteiger partial charge is 0.0917 e. The van der Waals surface area contributed by atoms with Crippen molar-refractivity contribution in [2.75, 3.05) is 0 Å². The van der Waals surface area contributed by atoms with Crippen LogP contribution in [0, 0.1) is 0 Å². The average molecular weight is 208 g/mol. The molecule has 0 aliphatic carbocycles. The number of allylic oxidation sites excluding steroid dienone is 2. The maximum Gasteiger partial charge on any atom is 0.139 e. The van der Waals surface area contributed by atoms with E-state index < -0.39 is 0 Å². The van der Waals surface area contributed by atoms with Gasteiger partial charge in [-0.15, -0.1) is 0 Å². The lowest BCUT2D eigenvalue weighted by atomic mass is 9.43. The van der Waals surface area contributed by atoms with Gasteiger partial charge < -0.3 is 0 Å². The molecule has 0 saturated heterocycles. The van der Waals surface area contributed by atoms with Crippen molar-refractivity contribution in [2.24, 2.45) is 0 Å². The summed E-state index contributed by atoms with van der Waals surface area (Å²) in [6.07, 6.45) is 17.1. The molecule has 0 bridgehead atoms. The Balaban J connectivity index is 3.10. The quantitative estimate of drug-likeness (QED) is 0.255.